The van der Waals surface area contributed by atoms with Gasteiger partial charge in [-0.15, -0.1) is 0 Å². The van der Waals surface area contributed by atoms with Gasteiger partial charge in [0.2, 0.25) is 0 Å². The molecule has 9 heteroatoms. The van der Waals surface area contributed by atoms with Gasteiger partial charge in [-0.05, 0) is 23.8 Å². The molecule has 5 nitrogen and oxygen atoms in total. The van der Waals surface area contributed by atoms with Gasteiger partial charge < -0.3 is 15.3 Å². The van der Waals surface area contributed by atoms with Crippen LogP contribution in [-0.4, -0.2) is 38.3 Å². The van der Waals surface area contributed by atoms with E-state index in [-0.39, 0.29) is 10.9 Å². The molecule has 0 radical (unpaired) electrons. The highest BCUT2D eigenvalue weighted by atomic mass is 32.2. The predicted molar refractivity (Wildman–Crippen MR) is 72.5 cm³/mol. The second-order valence-electron chi connectivity index (χ2n) is 4.42. The standard InChI is InChI=1S/C13H13F3O5S/c1-6(17)22-5-10(18)11(19)9-4-7(13(14,15)16)2-3-8(9)12(20)21/h2-4,10-11,18-19H,5H2,1H3,(H,20,21). The normalized spacial score (nSPS) is 14.5. The van der Waals surface area contributed by atoms with Crippen molar-refractivity contribution in [1.29, 1.82) is 0 Å². The van der Waals surface area contributed by atoms with Crippen molar-refractivity contribution in [2.24, 2.45) is 0 Å². The number of rotatable bonds is 5. The van der Waals surface area contributed by atoms with Gasteiger partial charge in [-0.1, -0.05) is 11.8 Å². The molecule has 2 unspecified atom stereocenters. The molecule has 0 saturated heterocycles. The zero-order valence-electron chi connectivity index (χ0n) is 11.3. The van der Waals surface area contributed by atoms with Gasteiger partial charge in [0.1, 0.15) is 6.10 Å². The van der Waals surface area contributed by atoms with E-state index in [4.69, 9.17) is 5.11 Å². The fraction of sp³-hybridized carbons (Fsp3) is 0.385. The maximum absolute atomic E-state index is 12.7. The monoisotopic (exact) mass is 338 g/mol. The Bertz CT molecular complexity index is 573. The Kier molecular flexibility index (Phi) is 5.98. The Hall–Kier alpha value is -1.58. The quantitative estimate of drug-likeness (QED) is 0.761. The Labute approximate surface area is 127 Å². The maximum Gasteiger partial charge on any atom is 0.416 e. The molecule has 3 N–H and O–H groups in total. The van der Waals surface area contributed by atoms with Gasteiger partial charge in [-0.2, -0.15) is 13.2 Å². The summed E-state index contributed by atoms with van der Waals surface area (Å²) in [6.07, 6.45) is -8.17. The summed E-state index contributed by atoms with van der Waals surface area (Å²) in [5.74, 6) is -1.81. The van der Waals surface area contributed by atoms with E-state index in [1.165, 1.54) is 6.92 Å². The van der Waals surface area contributed by atoms with Crippen molar-refractivity contribution in [3.63, 3.8) is 0 Å². The van der Waals surface area contributed by atoms with Crippen molar-refractivity contribution in [3.05, 3.63) is 34.9 Å². The first-order chi connectivity index (χ1) is 10.0. The van der Waals surface area contributed by atoms with E-state index in [1.807, 2.05) is 0 Å². The number of carbonyl (C=O) groups excluding carboxylic acids is 1. The number of carboxylic acid groups (broad SMARTS) is 1. The SMILES string of the molecule is CC(=O)SCC(O)C(O)c1cc(C(F)(F)F)ccc1C(=O)O. The Morgan fingerprint density at radius 3 is 2.32 bits per heavy atom. The topological polar surface area (TPSA) is 94.8 Å². The molecule has 122 valence electrons. The lowest BCUT2D eigenvalue weighted by molar-refractivity contribution is -0.137. The molecule has 1 aromatic carbocycles. The van der Waals surface area contributed by atoms with Crippen LogP contribution < -0.4 is 0 Å². The zero-order valence-corrected chi connectivity index (χ0v) is 12.1. The number of hydrogen-bond donors (Lipinski definition) is 3. The number of aromatic carboxylic acids is 1. The zero-order chi connectivity index (χ0) is 17.1. The molecule has 0 aliphatic heterocycles. The first kappa shape index (κ1) is 18.5. The van der Waals surface area contributed by atoms with E-state index < -0.39 is 41.0 Å². The molecular weight excluding hydrogens is 325 g/mol. The van der Waals surface area contributed by atoms with Gasteiger partial charge in [0.25, 0.3) is 0 Å². The Balaban J connectivity index is 3.18. The van der Waals surface area contributed by atoms with E-state index in [0.29, 0.717) is 30.0 Å². The minimum Gasteiger partial charge on any atom is -0.478 e. The lowest BCUT2D eigenvalue weighted by Crippen LogP contribution is -2.24. The number of alkyl halides is 3. The van der Waals surface area contributed by atoms with E-state index in [9.17, 15) is 33.0 Å². The number of thioether (sulfide) groups is 1. The van der Waals surface area contributed by atoms with Gasteiger partial charge in [-0.25, -0.2) is 4.79 Å². The van der Waals surface area contributed by atoms with Crippen molar-refractivity contribution < 1.29 is 38.1 Å². The largest absolute Gasteiger partial charge is 0.478 e. The molecule has 0 aliphatic carbocycles. The van der Waals surface area contributed by atoms with Gasteiger partial charge in [-0.3, -0.25) is 4.79 Å². The first-order valence-corrected chi connectivity index (χ1v) is 6.96. The van der Waals surface area contributed by atoms with Gasteiger partial charge >= 0.3 is 12.1 Å². The fourth-order valence-corrected chi connectivity index (χ4v) is 2.27. The minimum absolute atomic E-state index is 0.272. The van der Waals surface area contributed by atoms with E-state index in [1.54, 1.807) is 0 Å². The summed E-state index contributed by atoms with van der Waals surface area (Å²) in [7, 11) is 0. The van der Waals surface area contributed by atoms with Crippen LogP contribution in [-0.2, 0) is 11.0 Å². The summed E-state index contributed by atoms with van der Waals surface area (Å²) >= 11 is 0.668. The van der Waals surface area contributed by atoms with Crippen molar-refractivity contribution in [3.8, 4) is 0 Å². The molecule has 22 heavy (non-hydrogen) atoms. The average molecular weight is 338 g/mol. The third-order valence-corrected chi connectivity index (χ3v) is 3.66. The van der Waals surface area contributed by atoms with Gasteiger partial charge in [0.05, 0.1) is 17.2 Å². The molecule has 0 bridgehead atoms. The summed E-state index contributed by atoms with van der Waals surface area (Å²) in [6, 6.07) is 1.78. The lowest BCUT2D eigenvalue weighted by atomic mass is 9.96. The number of carbonyl (C=O) groups is 2. The highest BCUT2D eigenvalue weighted by Crippen LogP contribution is 2.33. The highest BCUT2D eigenvalue weighted by Gasteiger charge is 2.33. The van der Waals surface area contributed by atoms with Crippen molar-refractivity contribution in [2.45, 2.75) is 25.3 Å². The second kappa shape index (κ2) is 7.12. The highest BCUT2D eigenvalue weighted by molar-refractivity contribution is 8.13. The van der Waals surface area contributed by atoms with Gasteiger partial charge in [0.15, 0.2) is 5.12 Å². The number of aliphatic hydroxyl groups is 2. The van der Waals surface area contributed by atoms with Crippen molar-refractivity contribution in [2.75, 3.05) is 5.75 Å². The third-order valence-electron chi connectivity index (χ3n) is 2.75. The Morgan fingerprint density at radius 2 is 1.86 bits per heavy atom. The molecule has 1 rings (SSSR count). The smallest absolute Gasteiger partial charge is 0.416 e. The van der Waals surface area contributed by atoms with Crippen LogP contribution in [0.5, 0.6) is 0 Å². The molecule has 0 fully saturated rings. The third kappa shape index (κ3) is 4.72. The first-order valence-electron chi connectivity index (χ1n) is 5.98. The maximum atomic E-state index is 12.7. The second-order valence-corrected chi connectivity index (χ2v) is 5.62. The molecule has 0 heterocycles. The number of aliphatic hydroxyl groups excluding tert-OH is 2. The van der Waals surface area contributed by atoms with Crippen LogP contribution in [0.1, 0.15) is 34.5 Å². The van der Waals surface area contributed by atoms with Crippen LogP contribution in [0.2, 0.25) is 0 Å². The summed E-state index contributed by atoms with van der Waals surface area (Å²) in [5, 5.41) is 28.3. The van der Waals surface area contributed by atoms with Crippen LogP contribution in [0, 0.1) is 0 Å². The molecule has 0 spiro atoms. The molecule has 0 aromatic heterocycles. The number of benzene rings is 1. The lowest BCUT2D eigenvalue weighted by Gasteiger charge is -2.20. The summed E-state index contributed by atoms with van der Waals surface area (Å²) < 4.78 is 38.0. The molecular formula is C13H13F3O5S. The minimum atomic E-state index is -4.72. The van der Waals surface area contributed by atoms with E-state index >= 15 is 0 Å². The van der Waals surface area contributed by atoms with Crippen LogP contribution in [0.25, 0.3) is 0 Å². The van der Waals surface area contributed by atoms with Crippen LogP contribution in [0.3, 0.4) is 0 Å². The molecule has 2 atom stereocenters. The van der Waals surface area contributed by atoms with Crippen molar-refractivity contribution in [1.82, 2.24) is 0 Å². The summed E-state index contributed by atoms with van der Waals surface area (Å²) in [5.41, 5.74) is -2.25. The molecule has 0 amide bonds. The van der Waals surface area contributed by atoms with Crippen LogP contribution in [0.4, 0.5) is 13.2 Å². The molecule has 0 saturated carbocycles. The number of halogens is 3. The van der Waals surface area contributed by atoms with Crippen LogP contribution in [0.15, 0.2) is 18.2 Å². The van der Waals surface area contributed by atoms with E-state index in [0.717, 1.165) is 0 Å². The predicted octanol–water partition coefficient (Wildman–Crippen LogP) is 2.08. The summed E-state index contributed by atoms with van der Waals surface area (Å²) in [4.78, 5) is 21.8. The van der Waals surface area contributed by atoms with Gasteiger partial charge in [0, 0.05) is 12.7 Å². The fourth-order valence-electron chi connectivity index (χ4n) is 1.68. The number of carboxylic acids is 1. The van der Waals surface area contributed by atoms with E-state index in [2.05, 4.69) is 0 Å². The number of hydrogen-bond acceptors (Lipinski definition) is 5. The molecule has 1 aromatic rings. The summed E-state index contributed by atoms with van der Waals surface area (Å²) in [6.45, 7) is 1.22. The van der Waals surface area contributed by atoms with Crippen molar-refractivity contribution >= 4 is 22.8 Å². The average Bonchev–Trinajstić information content (AvgIpc) is 2.42. The van der Waals surface area contributed by atoms with Crippen LogP contribution >= 0.6 is 11.8 Å². The Morgan fingerprint density at radius 1 is 1.27 bits per heavy atom. The molecule has 0 aliphatic rings.